The van der Waals surface area contributed by atoms with Gasteiger partial charge in [-0.25, -0.2) is 0 Å². The van der Waals surface area contributed by atoms with Crippen molar-refractivity contribution in [2.75, 3.05) is 12.4 Å². The molecule has 0 radical (unpaired) electrons. The van der Waals surface area contributed by atoms with Crippen LogP contribution in [0.5, 0.6) is 5.75 Å². The Morgan fingerprint density at radius 2 is 1.67 bits per heavy atom. The van der Waals surface area contributed by atoms with Gasteiger partial charge in [-0.05, 0) is 49.2 Å². The van der Waals surface area contributed by atoms with Crippen LogP contribution >= 0.6 is 0 Å². The molecule has 0 aliphatic carbocycles. The van der Waals surface area contributed by atoms with Crippen molar-refractivity contribution in [3.8, 4) is 5.75 Å². The standard InChI is InChI=1S/C25H26N2O3/c1-18-10-7-8-15-23(18)30-19(2)24(28)26-22-14-9-13-21(16-22)25(29)27(3)17-20-11-5-4-6-12-20/h4-16,19H,17H2,1-3H3,(H,26,28). The van der Waals surface area contributed by atoms with Gasteiger partial charge in [0.25, 0.3) is 11.8 Å². The first-order chi connectivity index (χ1) is 14.4. The van der Waals surface area contributed by atoms with Crippen LogP contribution in [0.25, 0.3) is 0 Å². The molecule has 0 aromatic heterocycles. The van der Waals surface area contributed by atoms with Crippen molar-refractivity contribution < 1.29 is 14.3 Å². The molecule has 0 bridgehead atoms. The van der Waals surface area contributed by atoms with Crippen molar-refractivity contribution in [1.82, 2.24) is 4.90 Å². The first-order valence-corrected chi connectivity index (χ1v) is 9.86. The summed E-state index contributed by atoms with van der Waals surface area (Å²) in [6, 6.07) is 24.3. The first kappa shape index (κ1) is 21.1. The molecule has 0 spiro atoms. The molecule has 3 aromatic carbocycles. The van der Waals surface area contributed by atoms with Crippen molar-refractivity contribution in [3.05, 3.63) is 95.6 Å². The van der Waals surface area contributed by atoms with Crippen molar-refractivity contribution in [3.63, 3.8) is 0 Å². The molecular formula is C25H26N2O3. The molecule has 0 saturated carbocycles. The minimum atomic E-state index is -0.675. The van der Waals surface area contributed by atoms with Gasteiger partial charge in [-0.2, -0.15) is 0 Å². The summed E-state index contributed by atoms with van der Waals surface area (Å²) in [6.07, 6.45) is -0.675. The van der Waals surface area contributed by atoms with Crippen LogP contribution < -0.4 is 10.1 Å². The fraction of sp³-hybridized carbons (Fsp3) is 0.200. The molecule has 3 rings (SSSR count). The van der Waals surface area contributed by atoms with Crippen LogP contribution in [0.15, 0.2) is 78.9 Å². The molecule has 1 atom stereocenters. The largest absolute Gasteiger partial charge is 0.481 e. The van der Waals surface area contributed by atoms with E-state index >= 15 is 0 Å². The van der Waals surface area contributed by atoms with Crippen LogP contribution in [0.3, 0.4) is 0 Å². The molecule has 0 fully saturated rings. The van der Waals surface area contributed by atoms with E-state index in [-0.39, 0.29) is 11.8 Å². The lowest BCUT2D eigenvalue weighted by molar-refractivity contribution is -0.122. The van der Waals surface area contributed by atoms with Gasteiger partial charge in [0, 0.05) is 24.8 Å². The summed E-state index contributed by atoms with van der Waals surface area (Å²) in [6.45, 7) is 4.14. The van der Waals surface area contributed by atoms with Gasteiger partial charge in [-0.1, -0.05) is 54.6 Å². The molecule has 0 saturated heterocycles. The van der Waals surface area contributed by atoms with Gasteiger partial charge in [0.15, 0.2) is 6.10 Å². The third kappa shape index (κ3) is 5.47. The fourth-order valence-electron chi connectivity index (χ4n) is 3.06. The van der Waals surface area contributed by atoms with Crippen molar-refractivity contribution in [2.24, 2.45) is 0 Å². The lowest BCUT2D eigenvalue weighted by Gasteiger charge is -2.19. The highest BCUT2D eigenvalue weighted by Gasteiger charge is 2.17. The molecule has 5 nitrogen and oxygen atoms in total. The van der Waals surface area contributed by atoms with Crippen LogP contribution in [0.2, 0.25) is 0 Å². The minimum Gasteiger partial charge on any atom is -0.481 e. The summed E-state index contributed by atoms with van der Waals surface area (Å²) in [7, 11) is 1.76. The molecule has 0 aliphatic rings. The zero-order valence-corrected chi connectivity index (χ0v) is 17.5. The number of amides is 2. The Balaban J connectivity index is 1.63. The molecule has 5 heteroatoms. The number of benzene rings is 3. The summed E-state index contributed by atoms with van der Waals surface area (Å²) in [5.74, 6) is 0.284. The Kier molecular flexibility index (Phi) is 6.86. The molecule has 30 heavy (non-hydrogen) atoms. The smallest absolute Gasteiger partial charge is 0.265 e. The van der Waals surface area contributed by atoms with Crippen molar-refractivity contribution in [1.29, 1.82) is 0 Å². The maximum absolute atomic E-state index is 12.8. The lowest BCUT2D eigenvalue weighted by atomic mass is 10.1. The number of hydrogen-bond acceptors (Lipinski definition) is 3. The Hall–Kier alpha value is -3.60. The number of nitrogens with zero attached hydrogens (tertiary/aromatic N) is 1. The number of para-hydroxylation sites is 1. The Morgan fingerprint density at radius 1 is 0.967 bits per heavy atom. The SMILES string of the molecule is Cc1ccccc1OC(C)C(=O)Nc1cccc(C(=O)N(C)Cc2ccccc2)c1. The number of rotatable bonds is 7. The van der Waals surface area contributed by atoms with E-state index in [1.54, 1.807) is 43.1 Å². The number of carbonyl (C=O) groups excluding carboxylic acids is 2. The average molecular weight is 402 g/mol. The Labute approximate surface area is 177 Å². The van der Waals surface area contributed by atoms with Gasteiger partial charge >= 0.3 is 0 Å². The monoisotopic (exact) mass is 402 g/mol. The predicted octanol–water partition coefficient (Wildman–Crippen LogP) is 4.67. The van der Waals surface area contributed by atoms with Gasteiger partial charge in [0.2, 0.25) is 0 Å². The molecule has 154 valence electrons. The van der Waals surface area contributed by atoms with Crippen LogP contribution in [0.4, 0.5) is 5.69 Å². The second-order valence-corrected chi connectivity index (χ2v) is 7.24. The molecule has 0 heterocycles. The fourth-order valence-corrected chi connectivity index (χ4v) is 3.06. The van der Waals surface area contributed by atoms with Crippen LogP contribution in [-0.4, -0.2) is 29.9 Å². The van der Waals surface area contributed by atoms with Crippen LogP contribution in [0, 0.1) is 6.92 Å². The lowest BCUT2D eigenvalue weighted by Crippen LogP contribution is -2.30. The van der Waals surface area contributed by atoms with Crippen LogP contribution in [-0.2, 0) is 11.3 Å². The number of carbonyl (C=O) groups is 2. The van der Waals surface area contributed by atoms with E-state index < -0.39 is 6.10 Å². The highest BCUT2D eigenvalue weighted by molar-refractivity contribution is 5.98. The van der Waals surface area contributed by atoms with Gasteiger partial charge in [0.05, 0.1) is 0 Å². The highest BCUT2D eigenvalue weighted by atomic mass is 16.5. The third-order valence-electron chi connectivity index (χ3n) is 4.75. The van der Waals surface area contributed by atoms with Gasteiger partial charge in [0.1, 0.15) is 5.75 Å². The zero-order valence-electron chi connectivity index (χ0n) is 17.5. The van der Waals surface area contributed by atoms with Crippen molar-refractivity contribution >= 4 is 17.5 Å². The normalized spacial score (nSPS) is 11.4. The quantitative estimate of drug-likeness (QED) is 0.625. The number of hydrogen-bond donors (Lipinski definition) is 1. The van der Waals surface area contributed by atoms with E-state index in [1.165, 1.54) is 0 Å². The number of nitrogens with one attached hydrogen (secondary N) is 1. The molecule has 1 N–H and O–H groups in total. The summed E-state index contributed by atoms with van der Waals surface area (Å²) in [5.41, 5.74) is 3.09. The van der Waals surface area contributed by atoms with Gasteiger partial charge < -0.3 is 15.0 Å². The molecule has 2 amide bonds. The summed E-state index contributed by atoms with van der Waals surface area (Å²) in [5, 5.41) is 2.83. The molecule has 1 unspecified atom stereocenters. The second kappa shape index (κ2) is 9.74. The van der Waals surface area contributed by atoms with Crippen LogP contribution in [0.1, 0.15) is 28.4 Å². The van der Waals surface area contributed by atoms with E-state index in [4.69, 9.17) is 4.74 Å². The summed E-state index contributed by atoms with van der Waals surface area (Å²) >= 11 is 0. The second-order valence-electron chi connectivity index (χ2n) is 7.24. The van der Waals surface area contributed by atoms with E-state index in [0.717, 1.165) is 11.1 Å². The Morgan fingerprint density at radius 3 is 2.40 bits per heavy atom. The summed E-state index contributed by atoms with van der Waals surface area (Å²) in [4.78, 5) is 27.0. The molecule has 0 aliphatic heterocycles. The average Bonchev–Trinajstić information content (AvgIpc) is 2.75. The van der Waals surface area contributed by atoms with Crippen molar-refractivity contribution in [2.45, 2.75) is 26.5 Å². The molecular weight excluding hydrogens is 376 g/mol. The first-order valence-electron chi connectivity index (χ1n) is 9.86. The number of anilines is 1. The maximum Gasteiger partial charge on any atom is 0.265 e. The Bertz CT molecular complexity index is 1020. The van der Waals surface area contributed by atoms with E-state index in [1.807, 2.05) is 61.5 Å². The summed E-state index contributed by atoms with van der Waals surface area (Å²) < 4.78 is 5.77. The number of aryl methyl sites for hydroxylation is 1. The number of ether oxygens (including phenoxy) is 1. The highest BCUT2D eigenvalue weighted by Crippen LogP contribution is 2.19. The van der Waals surface area contributed by atoms with E-state index in [0.29, 0.717) is 23.5 Å². The van der Waals surface area contributed by atoms with Gasteiger partial charge in [-0.15, -0.1) is 0 Å². The predicted molar refractivity (Wildman–Crippen MR) is 119 cm³/mol. The topological polar surface area (TPSA) is 58.6 Å². The zero-order chi connectivity index (χ0) is 21.5. The maximum atomic E-state index is 12.8. The van der Waals surface area contributed by atoms with E-state index in [9.17, 15) is 9.59 Å². The third-order valence-corrected chi connectivity index (χ3v) is 4.75. The minimum absolute atomic E-state index is 0.112. The van der Waals surface area contributed by atoms with E-state index in [2.05, 4.69) is 5.32 Å². The molecule has 3 aromatic rings. The van der Waals surface area contributed by atoms with Gasteiger partial charge in [-0.3, -0.25) is 9.59 Å².